The molecule has 3 aromatic carbocycles. The highest BCUT2D eigenvalue weighted by Crippen LogP contribution is 2.42. The van der Waals surface area contributed by atoms with E-state index in [1.165, 1.54) is 31.4 Å². The molecule has 3 unspecified atom stereocenters. The number of hydrogen-bond acceptors (Lipinski definition) is 6. The summed E-state index contributed by atoms with van der Waals surface area (Å²) in [4.78, 5) is 26.7. The summed E-state index contributed by atoms with van der Waals surface area (Å²) in [6.07, 6.45) is 3.33. The number of para-hydroxylation sites is 2. The molecule has 8 heteroatoms. The molecule has 1 heterocycles. The Hall–Kier alpha value is -4.04. The lowest BCUT2D eigenvalue weighted by Crippen LogP contribution is -2.27. The van der Waals surface area contributed by atoms with E-state index < -0.39 is 0 Å². The van der Waals surface area contributed by atoms with Crippen LogP contribution in [0.3, 0.4) is 0 Å². The van der Waals surface area contributed by atoms with Crippen molar-refractivity contribution >= 4 is 34.7 Å². The van der Waals surface area contributed by atoms with Gasteiger partial charge in [-0.25, -0.2) is 4.79 Å². The van der Waals surface area contributed by atoms with E-state index >= 15 is 0 Å². The predicted octanol–water partition coefficient (Wildman–Crippen LogP) is 4.81. The molecule has 1 aliphatic heterocycles. The van der Waals surface area contributed by atoms with Crippen molar-refractivity contribution in [3.05, 3.63) is 83.9 Å². The van der Waals surface area contributed by atoms with Crippen molar-refractivity contribution in [2.75, 3.05) is 40.9 Å². The number of ether oxygens (including phenoxy) is 1. The van der Waals surface area contributed by atoms with Gasteiger partial charge in [0.15, 0.2) is 0 Å². The van der Waals surface area contributed by atoms with Crippen LogP contribution in [-0.2, 0) is 4.74 Å². The highest BCUT2D eigenvalue weighted by atomic mass is 16.6. The fraction of sp³-hybridized carbons (Fsp3) is 0.333. The third-order valence-corrected chi connectivity index (χ3v) is 7.55. The number of nitrogens with two attached hydrogens (primary N) is 1. The average molecular weight is 512 g/mol. The Morgan fingerprint density at radius 3 is 2.47 bits per heavy atom. The normalized spacial score (nSPS) is 22.2. The molecule has 6 rings (SSSR count). The summed E-state index contributed by atoms with van der Waals surface area (Å²) < 4.78 is 5.58. The van der Waals surface area contributed by atoms with E-state index in [-0.39, 0.29) is 18.1 Å². The van der Waals surface area contributed by atoms with E-state index in [2.05, 4.69) is 40.2 Å². The molecule has 3 fully saturated rings. The Bertz CT molecular complexity index is 1310. The maximum atomic E-state index is 12.6. The third-order valence-electron chi connectivity index (χ3n) is 7.55. The molecule has 3 atom stereocenters. The maximum absolute atomic E-state index is 12.6. The van der Waals surface area contributed by atoms with Crippen LogP contribution in [0, 0.1) is 5.92 Å². The first-order valence-electron chi connectivity index (χ1n) is 13.3. The van der Waals surface area contributed by atoms with E-state index in [1.807, 2.05) is 12.1 Å². The highest BCUT2D eigenvalue weighted by molar-refractivity contribution is 6.06. The molecule has 1 saturated heterocycles. The topological polar surface area (TPSA) is 109 Å². The van der Waals surface area contributed by atoms with Crippen LogP contribution in [0.2, 0.25) is 0 Å². The summed E-state index contributed by atoms with van der Waals surface area (Å²) in [5, 5.41) is 9.90. The third kappa shape index (κ3) is 5.60. The Labute approximate surface area is 222 Å². The fourth-order valence-corrected chi connectivity index (χ4v) is 4.95. The van der Waals surface area contributed by atoms with Gasteiger partial charge >= 0.3 is 6.09 Å². The molecule has 3 aliphatic rings. The van der Waals surface area contributed by atoms with Crippen molar-refractivity contribution in [3.8, 4) is 0 Å². The largest absolute Gasteiger partial charge is 0.442 e. The quantitative estimate of drug-likeness (QED) is 0.291. The number of carbonyl (C=O) groups is 2. The maximum Gasteiger partial charge on any atom is 0.414 e. The van der Waals surface area contributed by atoms with E-state index in [0.717, 1.165) is 11.6 Å². The minimum absolute atomic E-state index is 0.265. The van der Waals surface area contributed by atoms with Gasteiger partial charge in [-0.3, -0.25) is 9.69 Å². The zero-order valence-electron chi connectivity index (χ0n) is 21.2. The number of nitrogens with one attached hydrogen (secondary N) is 3. The smallest absolute Gasteiger partial charge is 0.414 e. The summed E-state index contributed by atoms with van der Waals surface area (Å²) in [5.41, 5.74) is 10.5. The Morgan fingerprint density at radius 2 is 1.74 bits per heavy atom. The van der Waals surface area contributed by atoms with E-state index in [4.69, 9.17) is 10.5 Å². The van der Waals surface area contributed by atoms with E-state index in [9.17, 15) is 9.59 Å². The minimum Gasteiger partial charge on any atom is -0.442 e. The lowest BCUT2D eigenvalue weighted by Gasteiger charge is -2.14. The average Bonchev–Trinajstić information content (AvgIpc) is 3.86. The van der Waals surface area contributed by atoms with Crippen molar-refractivity contribution in [1.82, 2.24) is 5.32 Å². The van der Waals surface area contributed by atoms with Crippen LogP contribution in [0.25, 0.3) is 0 Å². The van der Waals surface area contributed by atoms with Gasteiger partial charge in [0.2, 0.25) is 0 Å². The number of carbonyl (C=O) groups excluding carboxylic acids is 2. The Kier molecular flexibility index (Phi) is 6.64. The lowest BCUT2D eigenvalue weighted by atomic mass is 10.1. The predicted molar refractivity (Wildman–Crippen MR) is 150 cm³/mol. The SMILES string of the molecule is Nc1ccccc1NC(=O)c1ccc(N2CC(CNc3ccc(C4CC4NCC4CC4)cc3)OC2=O)cc1. The van der Waals surface area contributed by atoms with Gasteiger partial charge < -0.3 is 26.4 Å². The van der Waals surface area contributed by atoms with Crippen molar-refractivity contribution in [2.45, 2.75) is 37.3 Å². The summed E-state index contributed by atoms with van der Waals surface area (Å²) in [6, 6.07) is 23.2. The molecule has 3 aromatic rings. The number of nitrogens with zero attached hydrogens (tertiary/aromatic N) is 1. The fourth-order valence-electron chi connectivity index (χ4n) is 4.95. The molecule has 0 spiro atoms. The van der Waals surface area contributed by atoms with Crippen molar-refractivity contribution < 1.29 is 14.3 Å². The molecule has 2 amide bonds. The molecular formula is C30H33N5O3. The van der Waals surface area contributed by atoms with Crippen LogP contribution >= 0.6 is 0 Å². The number of cyclic esters (lactones) is 1. The highest BCUT2D eigenvalue weighted by Gasteiger charge is 2.39. The molecule has 38 heavy (non-hydrogen) atoms. The van der Waals surface area contributed by atoms with Gasteiger partial charge in [0, 0.05) is 28.9 Å². The van der Waals surface area contributed by atoms with Gasteiger partial charge in [-0.05, 0) is 85.8 Å². The summed E-state index contributed by atoms with van der Waals surface area (Å²) in [6.45, 7) is 2.13. The number of hydrogen-bond donors (Lipinski definition) is 4. The van der Waals surface area contributed by atoms with Gasteiger partial charge in [0.05, 0.1) is 24.5 Å². The minimum atomic E-state index is -0.389. The summed E-state index contributed by atoms with van der Waals surface area (Å²) >= 11 is 0. The lowest BCUT2D eigenvalue weighted by molar-refractivity contribution is 0.102. The first-order valence-corrected chi connectivity index (χ1v) is 13.3. The first-order chi connectivity index (χ1) is 18.5. The van der Waals surface area contributed by atoms with Gasteiger partial charge in [-0.15, -0.1) is 0 Å². The van der Waals surface area contributed by atoms with Crippen LogP contribution in [0.4, 0.5) is 27.5 Å². The molecule has 2 aliphatic carbocycles. The van der Waals surface area contributed by atoms with Gasteiger partial charge in [0.25, 0.3) is 5.91 Å². The first kappa shape index (κ1) is 24.3. The second-order valence-corrected chi connectivity index (χ2v) is 10.5. The van der Waals surface area contributed by atoms with Crippen LogP contribution < -0.4 is 26.6 Å². The monoisotopic (exact) mass is 511 g/mol. The molecule has 0 bridgehead atoms. The Morgan fingerprint density at radius 1 is 0.974 bits per heavy atom. The van der Waals surface area contributed by atoms with Gasteiger partial charge in [0.1, 0.15) is 6.10 Å². The van der Waals surface area contributed by atoms with Crippen LogP contribution in [0.1, 0.15) is 41.1 Å². The number of anilines is 4. The van der Waals surface area contributed by atoms with Gasteiger partial charge in [-0.2, -0.15) is 0 Å². The molecule has 196 valence electrons. The zero-order valence-corrected chi connectivity index (χ0v) is 21.2. The molecular weight excluding hydrogens is 478 g/mol. The van der Waals surface area contributed by atoms with Crippen LogP contribution in [0.15, 0.2) is 72.8 Å². The molecule has 0 radical (unpaired) electrons. The van der Waals surface area contributed by atoms with Gasteiger partial charge in [-0.1, -0.05) is 24.3 Å². The molecule has 5 N–H and O–H groups in total. The van der Waals surface area contributed by atoms with Crippen molar-refractivity contribution in [2.24, 2.45) is 5.92 Å². The molecule has 0 aromatic heterocycles. The second kappa shape index (κ2) is 10.4. The van der Waals surface area contributed by atoms with E-state index in [1.54, 1.807) is 41.3 Å². The Balaban J connectivity index is 0.984. The molecule has 8 nitrogen and oxygen atoms in total. The van der Waals surface area contributed by atoms with Crippen LogP contribution in [-0.4, -0.2) is 43.8 Å². The van der Waals surface area contributed by atoms with Crippen molar-refractivity contribution in [3.63, 3.8) is 0 Å². The molecule has 2 saturated carbocycles. The number of amides is 2. The number of benzene rings is 3. The zero-order chi connectivity index (χ0) is 26.1. The standard InChI is InChI=1S/C30H33N5O3/c31-26-3-1-2-4-27(26)34-29(36)21-9-13-23(14-10-21)35-18-24(38-30(35)37)17-32-22-11-7-20(8-12-22)25-15-28(25)33-16-19-5-6-19/h1-4,7-14,19,24-25,28,32-33H,5-6,15-18,31H2,(H,34,36). The number of nitrogen functional groups attached to an aromatic ring is 1. The van der Waals surface area contributed by atoms with Crippen LogP contribution in [0.5, 0.6) is 0 Å². The summed E-state index contributed by atoms with van der Waals surface area (Å²) in [7, 11) is 0. The summed E-state index contributed by atoms with van der Waals surface area (Å²) in [5.74, 6) is 1.27. The van der Waals surface area contributed by atoms with E-state index in [0.29, 0.717) is 47.7 Å². The van der Waals surface area contributed by atoms with Crippen molar-refractivity contribution in [1.29, 1.82) is 0 Å². The second-order valence-electron chi connectivity index (χ2n) is 10.5. The number of rotatable bonds is 10.